The van der Waals surface area contributed by atoms with E-state index in [1.165, 1.54) is 12.8 Å². The van der Waals surface area contributed by atoms with Crippen LogP contribution in [0.4, 0.5) is 17.5 Å². The Balaban J connectivity index is 1.65. The van der Waals surface area contributed by atoms with Crippen molar-refractivity contribution in [2.75, 3.05) is 10.6 Å². The molecule has 1 aliphatic rings. The van der Waals surface area contributed by atoms with Crippen molar-refractivity contribution in [3.05, 3.63) is 24.2 Å². The summed E-state index contributed by atoms with van der Waals surface area (Å²) in [4.78, 5) is 12.5. The SMILES string of the molecule is Cc1c(Nc2nc(N[C@@H](C)C3CC3)c3cc[nH]c3n2)cnn1C(C)C. The number of fused-ring (bicyclic) bond motifs is 1. The highest BCUT2D eigenvalue weighted by molar-refractivity contribution is 5.88. The van der Waals surface area contributed by atoms with E-state index in [1.54, 1.807) is 0 Å². The van der Waals surface area contributed by atoms with Crippen molar-refractivity contribution in [1.82, 2.24) is 24.7 Å². The molecule has 1 aliphatic carbocycles. The molecule has 1 saturated carbocycles. The van der Waals surface area contributed by atoms with Crippen molar-refractivity contribution in [2.45, 2.75) is 52.6 Å². The summed E-state index contributed by atoms with van der Waals surface area (Å²) in [6, 6.07) is 2.76. The lowest BCUT2D eigenvalue weighted by Gasteiger charge is -2.15. The summed E-state index contributed by atoms with van der Waals surface area (Å²) in [5.74, 6) is 2.21. The monoisotopic (exact) mass is 339 g/mol. The van der Waals surface area contributed by atoms with Gasteiger partial charge in [0, 0.05) is 18.3 Å². The molecule has 1 atom stereocenters. The maximum Gasteiger partial charge on any atom is 0.231 e. The minimum atomic E-state index is 0.318. The van der Waals surface area contributed by atoms with Gasteiger partial charge in [0.2, 0.25) is 5.95 Å². The van der Waals surface area contributed by atoms with E-state index < -0.39 is 0 Å². The minimum Gasteiger partial charge on any atom is -0.367 e. The van der Waals surface area contributed by atoms with E-state index in [4.69, 9.17) is 4.98 Å². The molecule has 0 unspecified atom stereocenters. The summed E-state index contributed by atoms with van der Waals surface area (Å²) in [7, 11) is 0. The van der Waals surface area contributed by atoms with Crippen LogP contribution in [0.3, 0.4) is 0 Å². The number of nitrogens with zero attached hydrogens (tertiary/aromatic N) is 4. The molecular formula is C18H25N7. The van der Waals surface area contributed by atoms with Crippen molar-refractivity contribution >= 4 is 28.5 Å². The van der Waals surface area contributed by atoms with Gasteiger partial charge < -0.3 is 15.6 Å². The largest absolute Gasteiger partial charge is 0.367 e. The number of nitrogens with one attached hydrogen (secondary N) is 3. The highest BCUT2D eigenvalue weighted by Crippen LogP contribution is 2.35. The number of anilines is 3. The molecule has 0 spiro atoms. The van der Waals surface area contributed by atoms with Gasteiger partial charge in [-0.1, -0.05) is 0 Å². The maximum atomic E-state index is 4.72. The van der Waals surface area contributed by atoms with Crippen molar-refractivity contribution < 1.29 is 0 Å². The zero-order valence-corrected chi connectivity index (χ0v) is 15.2. The van der Waals surface area contributed by atoms with Gasteiger partial charge in [0.05, 0.1) is 23.0 Å². The van der Waals surface area contributed by atoms with Crippen LogP contribution < -0.4 is 10.6 Å². The van der Waals surface area contributed by atoms with Gasteiger partial charge in [0.15, 0.2) is 0 Å². The molecule has 0 aliphatic heterocycles. The van der Waals surface area contributed by atoms with Gasteiger partial charge in [0.1, 0.15) is 11.5 Å². The summed E-state index contributed by atoms with van der Waals surface area (Å²) in [5.41, 5.74) is 2.84. The van der Waals surface area contributed by atoms with Crippen LogP contribution in [0.1, 0.15) is 45.3 Å². The maximum absolute atomic E-state index is 4.72. The quantitative estimate of drug-likeness (QED) is 0.632. The molecule has 0 saturated heterocycles. The van der Waals surface area contributed by atoms with Crippen LogP contribution in [-0.4, -0.2) is 30.8 Å². The van der Waals surface area contributed by atoms with E-state index in [1.807, 2.05) is 23.1 Å². The second kappa shape index (κ2) is 6.06. The molecule has 3 aromatic heterocycles. The Bertz CT molecular complexity index is 888. The highest BCUT2D eigenvalue weighted by atomic mass is 15.3. The fraction of sp³-hybridized carbons (Fsp3) is 0.500. The van der Waals surface area contributed by atoms with Gasteiger partial charge in [-0.25, -0.2) is 0 Å². The third-order valence-electron chi connectivity index (χ3n) is 4.89. The predicted octanol–water partition coefficient (Wildman–Crippen LogP) is 4.00. The normalized spacial score (nSPS) is 15.7. The smallest absolute Gasteiger partial charge is 0.231 e. The lowest BCUT2D eigenvalue weighted by Crippen LogP contribution is -2.18. The first-order valence-corrected chi connectivity index (χ1v) is 8.95. The summed E-state index contributed by atoms with van der Waals surface area (Å²) in [5, 5.41) is 12.3. The third kappa shape index (κ3) is 3.06. The first-order valence-electron chi connectivity index (χ1n) is 8.95. The van der Waals surface area contributed by atoms with E-state index in [0.717, 1.165) is 34.2 Å². The third-order valence-corrected chi connectivity index (χ3v) is 4.89. The van der Waals surface area contributed by atoms with Gasteiger partial charge in [-0.2, -0.15) is 15.1 Å². The molecule has 7 heteroatoms. The standard InChI is InChI=1S/C18H25N7/c1-10(2)25-12(4)15(9-20-25)22-18-23-16-14(7-8-19-16)17(24-18)21-11(3)13-5-6-13/h7-11,13H,5-6H2,1-4H3,(H3,19,21,22,23,24)/t11-/m0/s1. The van der Waals surface area contributed by atoms with Gasteiger partial charge >= 0.3 is 0 Å². The molecule has 3 heterocycles. The molecule has 0 amide bonds. The summed E-state index contributed by atoms with van der Waals surface area (Å²) < 4.78 is 1.99. The van der Waals surface area contributed by atoms with Crippen LogP contribution >= 0.6 is 0 Å². The zero-order chi connectivity index (χ0) is 17.6. The number of aromatic nitrogens is 5. The number of aromatic amines is 1. The summed E-state index contributed by atoms with van der Waals surface area (Å²) in [6.45, 7) is 8.51. The van der Waals surface area contributed by atoms with Crippen LogP contribution in [0.25, 0.3) is 11.0 Å². The summed E-state index contributed by atoms with van der Waals surface area (Å²) >= 11 is 0. The molecular weight excluding hydrogens is 314 g/mol. The van der Waals surface area contributed by atoms with Crippen LogP contribution in [0.5, 0.6) is 0 Å². The second-order valence-electron chi connectivity index (χ2n) is 7.21. The molecule has 1 fully saturated rings. The Kier molecular flexibility index (Phi) is 3.86. The number of hydrogen-bond acceptors (Lipinski definition) is 5. The molecule has 3 aromatic rings. The van der Waals surface area contributed by atoms with Crippen LogP contribution in [0.15, 0.2) is 18.5 Å². The van der Waals surface area contributed by atoms with Crippen molar-refractivity contribution in [3.8, 4) is 0 Å². The highest BCUT2D eigenvalue weighted by Gasteiger charge is 2.28. The first kappa shape index (κ1) is 15.9. The van der Waals surface area contributed by atoms with E-state index in [0.29, 0.717) is 18.0 Å². The lowest BCUT2D eigenvalue weighted by molar-refractivity contribution is 0.519. The molecule has 132 valence electrons. The minimum absolute atomic E-state index is 0.318. The molecule has 25 heavy (non-hydrogen) atoms. The summed E-state index contributed by atoms with van der Waals surface area (Å²) in [6.07, 6.45) is 6.33. The second-order valence-corrected chi connectivity index (χ2v) is 7.21. The fourth-order valence-electron chi connectivity index (χ4n) is 3.22. The van der Waals surface area contributed by atoms with Crippen molar-refractivity contribution in [2.24, 2.45) is 5.92 Å². The molecule has 0 bridgehead atoms. The topological polar surface area (TPSA) is 83.4 Å². The van der Waals surface area contributed by atoms with Crippen LogP contribution in [0.2, 0.25) is 0 Å². The lowest BCUT2D eigenvalue weighted by atomic mass is 10.2. The number of H-pyrrole nitrogens is 1. The van der Waals surface area contributed by atoms with Crippen LogP contribution in [0, 0.1) is 12.8 Å². The Morgan fingerprint density at radius 3 is 2.72 bits per heavy atom. The predicted molar refractivity (Wildman–Crippen MR) is 100 cm³/mol. The van der Waals surface area contributed by atoms with E-state index in [-0.39, 0.29) is 0 Å². The number of rotatable bonds is 6. The molecule has 0 aromatic carbocycles. The Morgan fingerprint density at radius 2 is 2.04 bits per heavy atom. The molecule has 0 radical (unpaired) electrons. The number of hydrogen-bond donors (Lipinski definition) is 3. The first-order chi connectivity index (χ1) is 12.0. The van der Waals surface area contributed by atoms with Gasteiger partial charge in [-0.05, 0) is 52.5 Å². The van der Waals surface area contributed by atoms with Crippen LogP contribution in [-0.2, 0) is 0 Å². The molecule has 7 nitrogen and oxygen atoms in total. The van der Waals surface area contributed by atoms with Crippen molar-refractivity contribution in [1.29, 1.82) is 0 Å². The fourth-order valence-corrected chi connectivity index (χ4v) is 3.22. The van der Waals surface area contributed by atoms with Gasteiger partial charge in [-0.15, -0.1) is 0 Å². The molecule has 4 rings (SSSR count). The Morgan fingerprint density at radius 1 is 1.24 bits per heavy atom. The van der Waals surface area contributed by atoms with Gasteiger partial charge in [-0.3, -0.25) is 4.68 Å². The van der Waals surface area contributed by atoms with Crippen molar-refractivity contribution in [3.63, 3.8) is 0 Å². The Hall–Kier alpha value is -2.57. The van der Waals surface area contributed by atoms with E-state index in [9.17, 15) is 0 Å². The van der Waals surface area contributed by atoms with E-state index in [2.05, 4.69) is 53.4 Å². The van der Waals surface area contributed by atoms with E-state index >= 15 is 0 Å². The average molecular weight is 339 g/mol. The van der Waals surface area contributed by atoms with Gasteiger partial charge in [0.25, 0.3) is 0 Å². The average Bonchev–Trinajstić information content (AvgIpc) is 3.21. The Labute approximate surface area is 147 Å². The zero-order valence-electron chi connectivity index (χ0n) is 15.2. The molecule has 3 N–H and O–H groups in total.